The first kappa shape index (κ1) is 19.3. The molecule has 0 atom stereocenters. The fourth-order valence-corrected chi connectivity index (χ4v) is 2.28. The predicted octanol–water partition coefficient (Wildman–Crippen LogP) is 3.06. The van der Waals surface area contributed by atoms with Gasteiger partial charge >= 0.3 is 5.97 Å². The number of carbonyl (C=O) groups excluding carboxylic acids is 1. The van der Waals surface area contributed by atoms with E-state index in [4.69, 9.17) is 19.3 Å². The van der Waals surface area contributed by atoms with Gasteiger partial charge in [-0.1, -0.05) is 12.1 Å². The zero-order chi connectivity index (χ0) is 18.9. The quantitative estimate of drug-likeness (QED) is 0.668. The van der Waals surface area contributed by atoms with Crippen LogP contribution in [0.15, 0.2) is 42.5 Å². The van der Waals surface area contributed by atoms with Crippen molar-refractivity contribution in [2.24, 2.45) is 0 Å². The van der Waals surface area contributed by atoms with Crippen molar-refractivity contribution in [3.8, 4) is 11.5 Å². The van der Waals surface area contributed by atoms with Crippen molar-refractivity contribution in [3.63, 3.8) is 0 Å². The van der Waals surface area contributed by atoms with E-state index in [0.29, 0.717) is 36.8 Å². The van der Waals surface area contributed by atoms with Crippen molar-refractivity contribution in [3.05, 3.63) is 53.6 Å². The number of amides is 1. The van der Waals surface area contributed by atoms with E-state index in [1.807, 2.05) is 6.92 Å². The van der Waals surface area contributed by atoms with Crippen molar-refractivity contribution < 1.29 is 28.9 Å². The number of aromatic carboxylic acids is 1. The Hall–Kier alpha value is -3.06. The number of nitrogens with one attached hydrogen (secondary N) is 1. The molecule has 26 heavy (non-hydrogen) atoms. The third-order valence-corrected chi connectivity index (χ3v) is 3.51. The van der Waals surface area contributed by atoms with Crippen LogP contribution in [0.4, 0.5) is 5.69 Å². The lowest BCUT2D eigenvalue weighted by Gasteiger charge is -2.13. The molecule has 0 bridgehead atoms. The number of anilines is 1. The zero-order valence-electron chi connectivity index (χ0n) is 14.7. The monoisotopic (exact) mass is 359 g/mol. The SMILES string of the molecule is CCOCCOc1ccccc1C(=O)Nc1ccc(C(=O)O)c(OC)c1. The first-order valence-electron chi connectivity index (χ1n) is 8.09. The third-order valence-electron chi connectivity index (χ3n) is 3.51. The summed E-state index contributed by atoms with van der Waals surface area (Å²) in [4.78, 5) is 23.7. The Bertz CT molecular complexity index is 774. The van der Waals surface area contributed by atoms with Gasteiger partial charge in [0, 0.05) is 18.4 Å². The van der Waals surface area contributed by atoms with Crippen molar-refractivity contribution in [1.82, 2.24) is 0 Å². The molecule has 2 N–H and O–H groups in total. The Morgan fingerprint density at radius 2 is 1.81 bits per heavy atom. The van der Waals surface area contributed by atoms with Crippen molar-refractivity contribution >= 4 is 17.6 Å². The Morgan fingerprint density at radius 3 is 2.50 bits per heavy atom. The van der Waals surface area contributed by atoms with Crippen LogP contribution in [0.3, 0.4) is 0 Å². The molecule has 1 amide bonds. The van der Waals surface area contributed by atoms with Crippen LogP contribution in [0.25, 0.3) is 0 Å². The number of methoxy groups -OCH3 is 1. The van der Waals surface area contributed by atoms with Gasteiger partial charge in [0.05, 0.1) is 19.3 Å². The lowest BCUT2D eigenvalue weighted by atomic mass is 10.1. The van der Waals surface area contributed by atoms with Gasteiger partial charge in [-0.3, -0.25) is 4.79 Å². The van der Waals surface area contributed by atoms with Crippen LogP contribution in [-0.2, 0) is 4.74 Å². The van der Waals surface area contributed by atoms with Gasteiger partial charge in [0.1, 0.15) is 23.7 Å². The Labute approximate surface area is 151 Å². The standard InChI is InChI=1S/C19H21NO6/c1-3-25-10-11-26-16-7-5-4-6-14(16)18(21)20-13-8-9-15(19(22)23)17(12-13)24-2/h4-9,12H,3,10-11H2,1-2H3,(H,20,21)(H,22,23). The molecule has 7 heteroatoms. The second-order valence-electron chi connectivity index (χ2n) is 5.22. The first-order chi connectivity index (χ1) is 12.6. The average molecular weight is 359 g/mol. The molecule has 0 radical (unpaired) electrons. The first-order valence-corrected chi connectivity index (χ1v) is 8.09. The fraction of sp³-hybridized carbons (Fsp3) is 0.263. The minimum absolute atomic E-state index is 0.0187. The van der Waals surface area contributed by atoms with Crippen LogP contribution in [0, 0.1) is 0 Å². The van der Waals surface area contributed by atoms with Crippen molar-refractivity contribution in [2.45, 2.75) is 6.92 Å². The summed E-state index contributed by atoms with van der Waals surface area (Å²) in [6.07, 6.45) is 0. The topological polar surface area (TPSA) is 94.1 Å². The molecule has 2 aromatic rings. The second kappa shape index (κ2) is 9.43. The van der Waals surface area contributed by atoms with Crippen LogP contribution < -0.4 is 14.8 Å². The van der Waals surface area contributed by atoms with E-state index in [1.165, 1.54) is 25.3 Å². The predicted molar refractivity (Wildman–Crippen MR) is 96.3 cm³/mol. The van der Waals surface area contributed by atoms with Crippen LogP contribution >= 0.6 is 0 Å². The Kier molecular flexibility index (Phi) is 6.99. The molecule has 0 aliphatic rings. The van der Waals surface area contributed by atoms with Crippen LogP contribution in [0.1, 0.15) is 27.6 Å². The summed E-state index contributed by atoms with van der Waals surface area (Å²) in [5.41, 5.74) is 0.802. The summed E-state index contributed by atoms with van der Waals surface area (Å²) in [6, 6.07) is 11.2. The van der Waals surface area contributed by atoms with Crippen LogP contribution in [0.5, 0.6) is 11.5 Å². The van der Waals surface area contributed by atoms with Gasteiger partial charge in [-0.2, -0.15) is 0 Å². The number of rotatable bonds is 9. The van der Waals surface area contributed by atoms with Gasteiger partial charge in [-0.25, -0.2) is 4.79 Å². The highest BCUT2D eigenvalue weighted by Gasteiger charge is 2.15. The Morgan fingerprint density at radius 1 is 1.04 bits per heavy atom. The molecule has 0 fully saturated rings. The second-order valence-corrected chi connectivity index (χ2v) is 5.22. The molecular weight excluding hydrogens is 338 g/mol. The Balaban J connectivity index is 2.14. The minimum Gasteiger partial charge on any atom is -0.496 e. The number of hydrogen-bond acceptors (Lipinski definition) is 5. The van der Waals surface area contributed by atoms with E-state index >= 15 is 0 Å². The lowest BCUT2D eigenvalue weighted by molar-refractivity contribution is 0.0693. The summed E-state index contributed by atoms with van der Waals surface area (Å²) in [5, 5.41) is 11.8. The average Bonchev–Trinajstić information content (AvgIpc) is 2.65. The summed E-state index contributed by atoms with van der Waals surface area (Å²) in [5.74, 6) is -0.870. The molecule has 0 heterocycles. The minimum atomic E-state index is -1.10. The number of carboxylic acid groups (broad SMARTS) is 1. The molecule has 0 aliphatic heterocycles. The molecule has 138 valence electrons. The molecule has 7 nitrogen and oxygen atoms in total. The molecule has 0 aliphatic carbocycles. The number of para-hydroxylation sites is 1. The van der Waals surface area contributed by atoms with E-state index < -0.39 is 5.97 Å². The highest BCUT2D eigenvalue weighted by Crippen LogP contribution is 2.25. The maximum atomic E-state index is 12.6. The van der Waals surface area contributed by atoms with Gasteiger partial charge in [-0.05, 0) is 31.2 Å². The smallest absolute Gasteiger partial charge is 0.339 e. The lowest BCUT2D eigenvalue weighted by Crippen LogP contribution is -2.15. The molecule has 2 aromatic carbocycles. The summed E-state index contributed by atoms with van der Waals surface area (Å²) in [7, 11) is 1.37. The maximum Gasteiger partial charge on any atom is 0.339 e. The van der Waals surface area contributed by atoms with Gasteiger partial charge in [0.15, 0.2) is 0 Å². The number of ether oxygens (including phenoxy) is 3. The van der Waals surface area contributed by atoms with E-state index in [-0.39, 0.29) is 17.2 Å². The van der Waals surface area contributed by atoms with Gasteiger partial charge in [0.2, 0.25) is 0 Å². The van der Waals surface area contributed by atoms with E-state index in [1.54, 1.807) is 24.3 Å². The number of carbonyl (C=O) groups is 2. The molecule has 2 rings (SSSR count). The van der Waals surface area contributed by atoms with Crippen LogP contribution in [-0.4, -0.2) is 43.9 Å². The summed E-state index contributed by atoms with van der Waals surface area (Å²) >= 11 is 0. The van der Waals surface area contributed by atoms with E-state index in [2.05, 4.69) is 5.32 Å². The molecule has 0 unspecified atom stereocenters. The molecule has 0 spiro atoms. The molecule has 0 aromatic heterocycles. The van der Waals surface area contributed by atoms with E-state index in [0.717, 1.165) is 0 Å². The molecule has 0 saturated carbocycles. The molecule has 0 saturated heterocycles. The van der Waals surface area contributed by atoms with Crippen LogP contribution in [0.2, 0.25) is 0 Å². The van der Waals surface area contributed by atoms with Gasteiger partial charge in [0.25, 0.3) is 5.91 Å². The number of benzene rings is 2. The zero-order valence-corrected chi connectivity index (χ0v) is 14.7. The largest absolute Gasteiger partial charge is 0.496 e. The number of carboxylic acids is 1. The summed E-state index contributed by atoms with van der Waals surface area (Å²) in [6.45, 7) is 3.25. The highest BCUT2D eigenvalue weighted by atomic mass is 16.5. The van der Waals surface area contributed by atoms with E-state index in [9.17, 15) is 9.59 Å². The van der Waals surface area contributed by atoms with Gasteiger partial charge in [-0.15, -0.1) is 0 Å². The fourth-order valence-electron chi connectivity index (χ4n) is 2.28. The van der Waals surface area contributed by atoms with Gasteiger partial charge < -0.3 is 24.6 Å². The third kappa shape index (κ3) is 4.97. The highest BCUT2D eigenvalue weighted by molar-refractivity contribution is 6.06. The molecular formula is C19H21NO6. The van der Waals surface area contributed by atoms with Crippen molar-refractivity contribution in [2.75, 3.05) is 32.2 Å². The number of hydrogen-bond donors (Lipinski definition) is 2. The summed E-state index contributed by atoms with van der Waals surface area (Å²) < 4.78 is 15.9. The normalized spacial score (nSPS) is 10.2. The van der Waals surface area contributed by atoms with Crippen molar-refractivity contribution in [1.29, 1.82) is 0 Å². The maximum absolute atomic E-state index is 12.6.